The van der Waals surface area contributed by atoms with Gasteiger partial charge in [-0.3, -0.25) is 19.1 Å². The van der Waals surface area contributed by atoms with Gasteiger partial charge in [-0.05, 0) is 19.8 Å². The number of aromatic nitrogens is 2. The largest absolute Gasteiger partial charge is 0.481 e. The van der Waals surface area contributed by atoms with E-state index in [1.165, 1.54) is 6.42 Å². The van der Waals surface area contributed by atoms with E-state index in [9.17, 15) is 14.4 Å². The molecule has 0 spiro atoms. The van der Waals surface area contributed by atoms with Gasteiger partial charge in [0.15, 0.2) is 5.69 Å². The van der Waals surface area contributed by atoms with Crippen molar-refractivity contribution in [2.24, 2.45) is 0 Å². The van der Waals surface area contributed by atoms with Crippen LogP contribution in [0.15, 0.2) is 6.20 Å². The second-order valence-electron chi connectivity index (χ2n) is 6.00. The van der Waals surface area contributed by atoms with Crippen LogP contribution in [0.4, 0.5) is 5.69 Å². The fourth-order valence-electron chi connectivity index (χ4n) is 2.78. The van der Waals surface area contributed by atoms with Gasteiger partial charge in [-0.1, -0.05) is 19.3 Å². The van der Waals surface area contributed by atoms with E-state index in [4.69, 9.17) is 5.11 Å². The number of aryl methyl sites for hydroxylation is 1. The molecule has 0 bridgehead atoms. The quantitative estimate of drug-likeness (QED) is 0.702. The van der Waals surface area contributed by atoms with Gasteiger partial charge < -0.3 is 15.7 Å². The van der Waals surface area contributed by atoms with Gasteiger partial charge in [0.25, 0.3) is 5.91 Å². The molecule has 1 saturated carbocycles. The highest BCUT2D eigenvalue weighted by atomic mass is 16.4. The Morgan fingerprint density at radius 2 is 1.96 bits per heavy atom. The van der Waals surface area contributed by atoms with Crippen molar-refractivity contribution in [3.63, 3.8) is 0 Å². The first-order valence-electron chi connectivity index (χ1n) is 8.39. The van der Waals surface area contributed by atoms with Crippen molar-refractivity contribution in [3.8, 4) is 0 Å². The number of nitrogens with one attached hydrogen (secondary N) is 2. The van der Waals surface area contributed by atoms with Crippen molar-refractivity contribution in [1.82, 2.24) is 15.1 Å². The third-order valence-corrected chi connectivity index (χ3v) is 4.08. The zero-order valence-electron chi connectivity index (χ0n) is 13.9. The van der Waals surface area contributed by atoms with Crippen LogP contribution in [-0.4, -0.2) is 38.7 Å². The molecule has 0 aliphatic heterocycles. The summed E-state index contributed by atoms with van der Waals surface area (Å²) < 4.78 is 1.57. The Hall–Kier alpha value is -2.38. The fourth-order valence-corrected chi connectivity index (χ4v) is 2.78. The highest BCUT2D eigenvalue weighted by Gasteiger charge is 2.22. The number of hydrogen-bond acceptors (Lipinski definition) is 4. The van der Waals surface area contributed by atoms with E-state index in [2.05, 4.69) is 15.7 Å². The molecule has 3 N–H and O–H groups in total. The standard InChI is InChI=1S/C16H24N4O4/c1-2-20-10-12(18-13(21)8-9-14(22)23)15(19-20)16(24)17-11-6-4-3-5-7-11/h10-11H,2-9H2,1H3,(H,17,24)(H,18,21)(H,22,23). The highest BCUT2D eigenvalue weighted by molar-refractivity contribution is 6.02. The number of anilines is 1. The predicted octanol–water partition coefficient (Wildman–Crippen LogP) is 1.77. The third kappa shape index (κ3) is 5.07. The molecule has 0 unspecified atom stereocenters. The first kappa shape index (κ1) is 18.0. The van der Waals surface area contributed by atoms with Crippen LogP contribution in [0.1, 0.15) is 62.4 Å². The van der Waals surface area contributed by atoms with E-state index in [0.29, 0.717) is 12.2 Å². The van der Waals surface area contributed by atoms with Crippen LogP contribution in [0.25, 0.3) is 0 Å². The molecule has 0 radical (unpaired) electrons. The number of rotatable bonds is 7. The summed E-state index contributed by atoms with van der Waals surface area (Å²) in [7, 11) is 0. The SMILES string of the molecule is CCn1cc(NC(=O)CCC(=O)O)c(C(=O)NC2CCCCC2)n1. The summed E-state index contributed by atoms with van der Waals surface area (Å²) in [5.41, 5.74) is 0.492. The van der Waals surface area contributed by atoms with Crippen molar-refractivity contribution in [1.29, 1.82) is 0 Å². The first-order chi connectivity index (χ1) is 11.5. The lowest BCUT2D eigenvalue weighted by Crippen LogP contribution is -2.36. The molecular weight excluding hydrogens is 312 g/mol. The summed E-state index contributed by atoms with van der Waals surface area (Å²) in [4.78, 5) is 34.9. The van der Waals surface area contributed by atoms with E-state index < -0.39 is 11.9 Å². The average Bonchev–Trinajstić information content (AvgIpc) is 2.97. The monoisotopic (exact) mass is 336 g/mol. The molecule has 8 heteroatoms. The van der Waals surface area contributed by atoms with Crippen LogP contribution in [0.3, 0.4) is 0 Å². The van der Waals surface area contributed by atoms with Gasteiger partial charge in [0, 0.05) is 25.2 Å². The summed E-state index contributed by atoms with van der Waals surface area (Å²) >= 11 is 0. The lowest BCUT2D eigenvalue weighted by molar-refractivity contribution is -0.138. The fraction of sp³-hybridized carbons (Fsp3) is 0.625. The molecule has 1 aromatic heterocycles. The molecule has 8 nitrogen and oxygen atoms in total. The predicted molar refractivity (Wildman–Crippen MR) is 87.7 cm³/mol. The number of carbonyl (C=O) groups is 3. The van der Waals surface area contributed by atoms with Crippen LogP contribution in [0.2, 0.25) is 0 Å². The number of aliphatic carboxylic acids is 1. The second kappa shape index (κ2) is 8.47. The van der Waals surface area contributed by atoms with Crippen molar-refractivity contribution in [2.45, 2.75) is 64.5 Å². The number of carboxylic acids is 1. The zero-order chi connectivity index (χ0) is 17.5. The molecule has 2 amide bonds. The summed E-state index contributed by atoms with van der Waals surface area (Å²) in [6.45, 7) is 2.44. The molecule has 0 saturated heterocycles. The van der Waals surface area contributed by atoms with Gasteiger partial charge in [0.05, 0.1) is 12.1 Å². The van der Waals surface area contributed by atoms with Crippen molar-refractivity contribution in [3.05, 3.63) is 11.9 Å². The summed E-state index contributed by atoms with van der Waals surface area (Å²) in [6, 6.07) is 0.147. The molecule has 0 atom stereocenters. The Balaban J connectivity index is 2.04. The molecule has 1 heterocycles. The van der Waals surface area contributed by atoms with Crippen LogP contribution in [0.5, 0.6) is 0 Å². The molecule has 1 aliphatic rings. The smallest absolute Gasteiger partial charge is 0.303 e. The summed E-state index contributed by atoms with van der Waals surface area (Å²) in [5, 5.41) is 18.4. The van der Waals surface area contributed by atoms with Gasteiger partial charge in [0.1, 0.15) is 0 Å². The van der Waals surface area contributed by atoms with E-state index in [1.54, 1.807) is 10.9 Å². The Morgan fingerprint density at radius 3 is 2.58 bits per heavy atom. The maximum atomic E-state index is 12.5. The molecule has 132 valence electrons. The molecule has 0 aromatic carbocycles. The highest BCUT2D eigenvalue weighted by Crippen LogP contribution is 2.19. The minimum atomic E-state index is -1.04. The van der Waals surface area contributed by atoms with Crippen molar-refractivity contribution >= 4 is 23.5 Å². The topological polar surface area (TPSA) is 113 Å². The Labute approximate surface area is 140 Å². The minimum Gasteiger partial charge on any atom is -0.481 e. The molecule has 2 rings (SSSR count). The number of carbonyl (C=O) groups excluding carboxylic acids is 2. The van der Waals surface area contributed by atoms with Crippen LogP contribution >= 0.6 is 0 Å². The Bertz CT molecular complexity index is 605. The lowest BCUT2D eigenvalue weighted by Gasteiger charge is -2.22. The van der Waals surface area contributed by atoms with Gasteiger partial charge in [-0.2, -0.15) is 5.10 Å². The number of amides is 2. The van der Waals surface area contributed by atoms with Crippen LogP contribution in [-0.2, 0) is 16.1 Å². The molecular formula is C16H24N4O4. The van der Waals surface area contributed by atoms with E-state index >= 15 is 0 Å². The van der Waals surface area contributed by atoms with Crippen molar-refractivity contribution in [2.75, 3.05) is 5.32 Å². The maximum absolute atomic E-state index is 12.5. The van der Waals surface area contributed by atoms with Gasteiger partial charge >= 0.3 is 5.97 Å². The minimum absolute atomic E-state index is 0.143. The Morgan fingerprint density at radius 1 is 1.25 bits per heavy atom. The number of carboxylic acid groups (broad SMARTS) is 1. The summed E-state index contributed by atoms with van der Waals surface area (Å²) in [6.07, 6.45) is 6.52. The van der Waals surface area contributed by atoms with E-state index in [0.717, 1.165) is 25.7 Å². The molecule has 24 heavy (non-hydrogen) atoms. The maximum Gasteiger partial charge on any atom is 0.303 e. The lowest BCUT2D eigenvalue weighted by atomic mass is 9.95. The zero-order valence-corrected chi connectivity index (χ0v) is 13.9. The molecule has 1 aromatic rings. The van der Waals surface area contributed by atoms with Gasteiger partial charge in [-0.15, -0.1) is 0 Å². The molecule has 1 fully saturated rings. The normalized spacial score (nSPS) is 15.0. The third-order valence-electron chi connectivity index (χ3n) is 4.08. The van der Waals surface area contributed by atoms with Crippen LogP contribution in [0, 0.1) is 0 Å². The van der Waals surface area contributed by atoms with Gasteiger partial charge in [-0.25, -0.2) is 0 Å². The Kier molecular flexibility index (Phi) is 6.34. The van der Waals surface area contributed by atoms with Gasteiger partial charge in [0.2, 0.25) is 5.91 Å². The second-order valence-corrected chi connectivity index (χ2v) is 6.00. The van der Waals surface area contributed by atoms with Crippen LogP contribution < -0.4 is 10.6 Å². The van der Waals surface area contributed by atoms with E-state index in [-0.39, 0.29) is 30.5 Å². The van der Waals surface area contributed by atoms with Crippen molar-refractivity contribution < 1.29 is 19.5 Å². The summed E-state index contributed by atoms with van der Waals surface area (Å²) in [5.74, 6) is -1.79. The number of hydrogen-bond donors (Lipinski definition) is 3. The van der Waals surface area contributed by atoms with E-state index in [1.807, 2.05) is 6.92 Å². The number of nitrogens with zero attached hydrogens (tertiary/aromatic N) is 2. The average molecular weight is 336 g/mol. The first-order valence-corrected chi connectivity index (χ1v) is 8.39. The molecule has 1 aliphatic carbocycles.